The zero-order valence-electron chi connectivity index (χ0n) is 11.6. The second-order valence-electron chi connectivity index (χ2n) is 3.94. The minimum atomic E-state index is 0.503. The highest BCUT2D eigenvalue weighted by Gasteiger charge is 2.08. The number of hydrogen-bond donors (Lipinski definition) is 1. The maximum absolute atomic E-state index is 6.16. The van der Waals surface area contributed by atoms with Gasteiger partial charge in [-0.1, -0.05) is 23.7 Å². The Morgan fingerprint density at radius 1 is 1.21 bits per heavy atom. The summed E-state index contributed by atoms with van der Waals surface area (Å²) in [5.41, 5.74) is 1.04. The summed E-state index contributed by atoms with van der Waals surface area (Å²) in [5.74, 6) is 0.730. The van der Waals surface area contributed by atoms with Gasteiger partial charge in [0.15, 0.2) is 0 Å². The Labute approximate surface area is 120 Å². The van der Waals surface area contributed by atoms with Crippen molar-refractivity contribution in [3.8, 4) is 5.75 Å². The first-order chi connectivity index (χ1) is 9.29. The van der Waals surface area contributed by atoms with Gasteiger partial charge in [0.1, 0.15) is 12.4 Å². The Balaban J connectivity index is 2.51. The zero-order valence-corrected chi connectivity index (χ0v) is 12.3. The van der Waals surface area contributed by atoms with Gasteiger partial charge in [-0.25, -0.2) is 0 Å². The van der Waals surface area contributed by atoms with E-state index in [9.17, 15) is 0 Å². The van der Waals surface area contributed by atoms with Gasteiger partial charge in [0.05, 0.1) is 18.2 Å². The van der Waals surface area contributed by atoms with Crippen molar-refractivity contribution in [2.45, 2.75) is 13.5 Å². The SMILES string of the molecule is CCOCCOc1c(Cl)cccc1CNCCOC. The molecule has 0 saturated heterocycles. The van der Waals surface area contributed by atoms with Crippen LogP contribution in [0.15, 0.2) is 18.2 Å². The standard InChI is InChI=1S/C14H22ClNO3/c1-3-18-9-10-19-14-12(5-4-6-13(14)15)11-16-7-8-17-2/h4-6,16H,3,7-11H2,1-2H3. The molecular formula is C14H22ClNO3. The van der Waals surface area contributed by atoms with E-state index in [-0.39, 0.29) is 0 Å². The van der Waals surface area contributed by atoms with E-state index in [0.717, 1.165) is 17.9 Å². The maximum atomic E-state index is 6.16. The van der Waals surface area contributed by atoms with Crippen molar-refractivity contribution >= 4 is 11.6 Å². The minimum absolute atomic E-state index is 0.503. The average molecular weight is 288 g/mol. The van der Waals surface area contributed by atoms with Crippen molar-refractivity contribution in [2.75, 3.05) is 40.1 Å². The fourth-order valence-corrected chi connectivity index (χ4v) is 1.85. The Morgan fingerprint density at radius 2 is 2.05 bits per heavy atom. The van der Waals surface area contributed by atoms with E-state index in [2.05, 4.69) is 5.32 Å². The van der Waals surface area contributed by atoms with Crippen molar-refractivity contribution < 1.29 is 14.2 Å². The van der Waals surface area contributed by atoms with Crippen LogP contribution in [0.25, 0.3) is 0 Å². The van der Waals surface area contributed by atoms with E-state index < -0.39 is 0 Å². The molecule has 5 heteroatoms. The van der Waals surface area contributed by atoms with Gasteiger partial charge < -0.3 is 19.5 Å². The molecule has 1 aromatic carbocycles. The van der Waals surface area contributed by atoms with Gasteiger partial charge in [0.25, 0.3) is 0 Å². The molecular weight excluding hydrogens is 266 g/mol. The minimum Gasteiger partial charge on any atom is -0.489 e. The molecule has 1 aromatic rings. The largest absolute Gasteiger partial charge is 0.489 e. The monoisotopic (exact) mass is 287 g/mol. The van der Waals surface area contributed by atoms with Crippen LogP contribution in [-0.2, 0) is 16.0 Å². The van der Waals surface area contributed by atoms with E-state index in [1.165, 1.54) is 0 Å². The van der Waals surface area contributed by atoms with Gasteiger partial charge in [0.2, 0.25) is 0 Å². The molecule has 0 aromatic heterocycles. The van der Waals surface area contributed by atoms with Crippen LogP contribution >= 0.6 is 11.6 Å². The molecule has 0 saturated carbocycles. The third kappa shape index (κ3) is 6.25. The molecule has 0 aliphatic carbocycles. The van der Waals surface area contributed by atoms with E-state index in [0.29, 0.717) is 38.0 Å². The lowest BCUT2D eigenvalue weighted by atomic mass is 10.2. The lowest BCUT2D eigenvalue weighted by molar-refractivity contribution is 0.110. The van der Waals surface area contributed by atoms with Crippen LogP contribution < -0.4 is 10.1 Å². The van der Waals surface area contributed by atoms with Crippen LogP contribution in [-0.4, -0.2) is 40.1 Å². The predicted molar refractivity (Wildman–Crippen MR) is 77.0 cm³/mol. The number of hydrogen-bond acceptors (Lipinski definition) is 4. The van der Waals surface area contributed by atoms with Crippen molar-refractivity contribution in [2.24, 2.45) is 0 Å². The summed E-state index contributed by atoms with van der Waals surface area (Å²) in [4.78, 5) is 0. The summed E-state index contributed by atoms with van der Waals surface area (Å²) in [6.45, 7) is 5.90. The molecule has 0 spiro atoms. The van der Waals surface area contributed by atoms with Crippen LogP contribution in [0.1, 0.15) is 12.5 Å². The molecule has 0 radical (unpaired) electrons. The molecule has 0 atom stereocenters. The molecule has 1 rings (SSSR count). The van der Waals surface area contributed by atoms with Crippen LogP contribution in [0.4, 0.5) is 0 Å². The lowest BCUT2D eigenvalue weighted by Crippen LogP contribution is -2.19. The summed E-state index contributed by atoms with van der Waals surface area (Å²) in [6, 6.07) is 5.75. The zero-order chi connectivity index (χ0) is 13.9. The first-order valence-electron chi connectivity index (χ1n) is 6.47. The molecule has 0 fully saturated rings. The summed E-state index contributed by atoms with van der Waals surface area (Å²) in [7, 11) is 1.68. The van der Waals surface area contributed by atoms with Gasteiger partial charge in [-0.3, -0.25) is 0 Å². The Morgan fingerprint density at radius 3 is 2.79 bits per heavy atom. The predicted octanol–water partition coefficient (Wildman–Crippen LogP) is 2.49. The van der Waals surface area contributed by atoms with Gasteiger partial charge in [-0.2, -0.15) is 0 Å². The fourth-order valence-electron chi connectivity index (χ4n) is 1.60. The van der Waals surface area contributed by atoms with Gasteiger partial charge in [-0.05, 0) is 13.0 Å². The number of halogens is 1. The number of methoxy groups -OCH3 is 1. The molecule has 0 heterocycles. The summed E-state index contributed by atoms with van der Waals surface area (Å²) in [5, 5.41) is 3.90. The topological polar surface area (TPSA) is 39.7 Å². The first-order valence-corrected chi connectivity index (χ1v) is 6.85. The average Bonchev–Trinajstić information content (AvgIpc) is 2.42. The third-order valence-corrected chi connectivity index (χ3v) is 2.82. The smallest absolute Gasteiger partial charge is 0.142 e. The highest BCUT2D eigenvalue weighted by Crippen LogP contribution is 2.28. The number of nitrogens with one attached hydrogen (secondary N) is 1. The number of ether oxygens (including phenoxy) is 3. The first kappa shape index (κ1) is 16.2. The highest BCUT2D eigenvalue weighted by atomic mass is 35.5. The van der Waals surface area contributed by atoms with Gasteiger partial charge >= 0.3 is 0 Å². The Kier molecular flexibility index (Phi) is 8.58. The number of para-hydroxylation sites is 1. The summed E-state index contributed by atoms with van der Waals surface area (Å²) < 4.78 is 15.9. The second kappa shape index (κ2) is 10.0. The lowest BCUT2D eigenvalue weighted by Gasteiger charge is -2.13. The molecule has 0 amide bonds. The summed E-state index contributed by atoms with van der Waals surface area (Å²) in [6.07, 6.45) is 0. The molecule has 108 valence electrons. The van der Waals surface area contributed by atoms with E-state index in [1.807, 2.05) is 25.1 Å². The van der Waals surface area contributed by atoms with Crippen molar-refractivity contribution in [1.82, 2.24) is 5.32 Å². The van der Waals surface area contributed by atoms with Crippen molar-refractivity contribution in [3.63, 3.8) is 0 Å². The van der Waals surface area contributed by atoms with Crippen LogP contribution in [0, 0.1) is 0 Å². The molecule has 1 N–H and O–H groups in total. The maximum Gasteiger partial charge on any atom is 0.142 e. The number of benzene rings is 1. The molecule has 0 aliphatic rings. The van der Waals surface area contributed by atoms with Gasteiger partial charge in [0, 0.05) is 32.4 Å². The van der Waals surface area contributed by atoms with Crippen LogP contribution in [0.3, 0.4) is 0 Å². The fraction of sp³-hybridized carbons (Fsp3) is 0.571. The van der Waals surface area contributed by atoms with Gasteiger partial charge in [-0.15, -0.1) is 0 Å². The summed E-state index contributed by atoms with van der Waals surface area (Å²) >= 11 is 6.16. The van der Waals surface area contributed by atoms with E-state index in [1.54, 1.807) is 7.11 Å². The number of rotatable bonds is 10. The third-order valence-electron chi connectivity index (χ3n) is 2.53. The van der Waals surface area contributed by atoms with Crippen LogP contribution in [0.5, 0.6) is 5.75 Å². The molecule has 0 bridgehead atoms. The molecule has 19 heavy (non-hydrogen) atoms. The van der Waals surface area contributed by atoms with Crippen molar-refractivity contribution in [1.29, 1.82) is 0 Å². The normalized spacial score (nSPS) is 10.7. The molecule has 0 unspecified atom stereocenters. The molecule has 0 aliphatic heterocycles. The second-order valence-corrected chi connectivity index (χ2v) is 4.35. The Bertz CT molecular complexity index is 361. The van der Waals surface area contributed by atoms with Crippen molar-refractivity contribution in [3.05, 3.63) is 28.8 Å². The quantitative estimate of drug-likeness (QED) is 0.671. The van der Waals surface area contributed by atoms with E-state index in [4.69, 9.17) is 25.8 Å². The molecule has 4 nitrogen and oxygen atoms in total. The Hall–Kier alpha value is -0.810. The van der Waals surface area contributed by atoms with E-state index >= 15 is 0 Å². The van der Waals surface area contributed by atoms with Crippen LogP contribution in [0.2, 0.25) is 5.02 Å². The highest BCUT2D eigenvalue weighted by molar-refractivity contribution is 6.32.